The van der Waals surface area contributed by atoms with Crippen LogP contribution in [0.5, 0.6) is 5.75 Å². The zero-order valence-corrected chi connectivity index (χ0v) is 16.5. The Hall–Kier alpha value is -2.67. The monoisotopic (exact) mass is 385 g/mol. The molecule has 3 aromatic rings. The van der Waals surface area contributed by atoms with Gasteiger partial charge in [0.2, 0.25) is 9.84 Å². The second-order valence-corrected chi connectivity index (χ2v) is 8.77. The molecular formula is C20H23N3O3S. The van der Waals surface area contributed by atoms with Crippen molar-refractivity contribution in [2.45, 2.75) is 37.6 Å². The Morgan fingerprint density at radius 3 is 2.30 bits per heavy atom. The third-order valence-corrected chi connectivity index (χ3v) is 6.21. The van der Waals surface area contributed by atoms with Crippen molar-refractivity contribution in [3.8, 4) is 5.75 Å². The molecule has 0 aliphatic heterocycles. The third kappa shape index (κ3) is 4.03. The highest BCUT2D eigenvalue weighted by Gasteiger charge is 2.26. The first-order valence-corrected chi connectivity index (χ1v) is 10.4. The van der Waals surface area contributed by atoms with E-state index in [4.69, 9.17) is 4.74 Å². The van der Waals surface area contributed by atoms with Crippen LogP contribution >= 0.6 is 0 Å². The first kappa shape index (κ1) is 19.1. The van der Waals surface area contributed by atoms with E-state index in [1.54, 1.807) is 19.9 Å². The summed E-state index contributed by atoms with van der Waals surface area (Å²) in [6.07, 6.45) is 0. The van der Waals surface area contributed by atoms with Gasteiger partial charge in [0.25, 0.3) is 0 Å². The number of nitrogens with one attached hydrogen (secondary N) is 1. The number of benzene rings is 2. The zero-order chi connectivity index (χ0) is 19.4. The van der Waals surface area contributed by atoms with Gasteiger partial charge in [0.05, 0.1) is 22.9 Å². The van der Waals surface area contributed by atoms with Gasteiger partial charge in [0.15, 0.2) is 10.8 Å². The summed E-state index contributed by atoms with van der Waals surface area (Å²) in [4.78, 5) is 8.92. The lowest BCUT2D eigenvalue weighted by Crippen LogP contribution is -2.19. The van der Waals surface area contributed by atoms with Gasteiger partial charge >= 0.3 is 0 Å². The predicted octanol–water partition coefficient (Wildman–Crippen LogP) is 3.82. The van der Waals surface area contributed by atoms with E-state index in [0.717, 1.165) is 11.3 Å². The van der Waals surface area contributed by atoms with E-state index in [1.807, 2.05) is 49.4 Å². The standard InChI is InChI=1S/C20H23N3O3S/c1-4-26-18-12-8-5-9-15(18)13-21-19-20(27(24,25)14(2)3)23-17-11-7-6-10-16(17)22-19/h5-12,14H,4,13H2,1-3H3,(H,21,22). The minimum Gasteiger partial charge on any atom is -0.494 e. The number of nitrogens with zero attached hydrogens (tertiary/aromatic N) is 2. The fraction of sp³-hybridized carbons (Fsp3) is 0.300. The van der Waals surface area contributed by atoms with Crippen LogP contribution in [0.1, 0.15) is 26.3 Å². The molecule has 0 aliphatic carbocycles. The molecule has 0 amide bonds. The SMILES string of the molecule is CCOc1ccccc1CNc1nc2ccccc2nc1S(=O)(=O)C(C)C. The summed E-state index contributed by atoms with van der Waals surface area (Å²) in [5, 5.41) is 2.53. The quantitative estimate of drug-likeness (QED) is 0.666. The van der Waals surface area contributed by atoms with Crippen LogP contribution in [0.4, 0.5) is 5.82 Å². The topological polar surface area (TPSA) is 81.2 Å². The molecule has 0 radical (unpaired) electrons. The number of hydrogen-bond acceptors (Lipinski definition) is 6. The number of fused-ring (bicyclic) bond motifs is 1. The van der Waals surface area contributed by atoms with Crippen molar-refractivity contribution >= 4 is 26.7 Å². The van der Waals surface area contributed by atoms with E-state index in [0.29, 0.717) is 24.2 Å². The van der Waals surface area contributed by atoms with Crippen molar-refractivity contribution < 1.29 is 13.2 Å². The van der Waals surface area contributed by atoms with Gasteiger partial charge in [-0.2, -0.15) is 0 Å². The molecule has 0 saturated carbocycles. The van der Waals surface area contributed by atoms with Crippen molar-refractivity contribution in [2.75, 3.05) is 11.9 Å². The van der Waals surface area contributed by atoms with E-state index in [-0.39, 0.29) is 10.8 Å². The second-order valence-electron chi connectivity index (χ2n) is 6.35. The van der Waals surface area contributed by atoms with E-state index in [2.05, 4.69) is 15.3 Å². The highest BCUT2D eigenvalue weighted by molar-refractivity contribution is 7.92. The van der Waals surface area contributed by atoms with Crippen LogP contribution in [-0.2, 0) is 16.4 Å². The van der Waals surface area contributed by atoms with Gasteiger partial charge in [-0.3, -0.25) is 0 Å². The van der Waals surface area contributed by atoms with Gasteiger partial charge in [-0.05, 0) is 39.0 Å². The number of hydrogen-bond donors (Lipinski definition) is 1. The average Bonchev–Trinajstić information content (AvgIpc) is 2.66. The maximum atomic E-state index is 12.8. The van der Waals surface area contributed by atoms with Crippen molar-refractivity contribution in [3.63, 3.8) is 0 Å². The largest absolute Gasteiger partial charge is 0.494 e. The van der Waals surface area contributed by atoms with E-state index in [9.17, 15) is 8.42 Å². The van der Waals surface area contributed by atoms with Gasteiger partial charge in [0, 0.05) is 12.1 Å². The molecule has 6 nitrogen and oxygen atoms in total. The first-order valence-electron chi connectivity index (χ1n) is 8.88. The molecule has 1 N–H and O–H groups in total. The smallest absolute Gasteiger partial charge is 0.201 e. The number of ether oxygens (including phenoxy) is 1. The minimum absolute atomic E-state index is 0.0231. The molecular weight excluding hydrogens is 362 g/mol. The molecule has 0 atom stereocenters. The zero-order valence-electron chi connectivity index (χ0n) is 15.6. The molecule has 1 aromatic heterocycles. The summed E-state index contributed by atoms with van der Waals surface area (Å²) in [7, 11) is -3.59. The molecule has 7 heteroatoms. The molecule has 0 bridgehead atoms. The minimum atomic E-state index is -3.59. The first-order chi connectivity index (χ1) is 12.9. The lowest BCUT2D eigenvalue weighted by Gasteiger charge is -2.15. The van der Waals surface area contributed by atoms with Crippen LogP contribution in [-0.4, -0.2) is 30.2 Å². The van der Waals surface area contributed by atoms with Crippen molar-refractivity contribution in [3.05, 3.63) is 54.1 Å². The number of para-hydroxylation sites is 3. The highest BCUT2D eigenvalue weighted by Crippen LogP contribution is 2.26. The Kier molecular flexibility index (Phi) is 5.60. The summed E-state index contributed by atoms with van der Waals surface area (Å²) in [6.45, 7) is 6.14. The summed E-state index contributed by atoms with van der Waals surface area (Å²) < 4.78 is 31.3. The number of sulfone groups is 1. The number of rotatable bonds is 7. The molecule has 0 saturated heterocycles. The Labute approximate surface area is 159 Å². The lowest BCUT2D eigenvalue weighted by molar-refractivity contribution is 0.337. The molecule has 0 spiro atoms. The highest BCUT2D eigenvalue weighted by atomic mass is 32.2. The average molecular weight is 385 g/mol. The molecule has 27 heavy (non-hydrogen) atoms. The van der Waals surface area contributed by atoms with Crippen LogP contribution in [0, 0.1) is 0 Å². The fourth-order valence-corrected chi connectivity index (χ4v) is 3.71. The number of aromatic nitrogens is 2. The molecule has 142 valence electrons. The van der Waals surface area contributed by atoms with Crippen LogP contribution in [0.15, 0.2) is 53.6 Å². The molecule has 2 aromatic carbocycles. The maximum absolute atomic E-state index is 12.8. The van der Waals surface area contributed by atoms with Crippen molar-refractivity contribution in [2.24, 2.45) is 0 Å². The third-order valence-electron chi connectivity index (χ3n) is 4.15. The summed E-state index contributed by atoms with van der Waals surface area (Å²) in [5.41, 5.74) is 2.11. The van der Waals surface area contributed by atoms with Crippen LogP contribution < -0.4 is 10.1 Å². The Morgan fingerprint density at radius 1 is 1.00 bits per heavy atom. The fourth-order valence-electron chi connectivity index (χ4n) is 2.65. The Balaban J connectivity index is 2.03. The van der Waals surface area contributed by atoms with Crippen LogP contribution in [0.2, 0.25) is 0 Å². The van der Waals surface area contributed by atoms with Gasteiger partial charge in [-0.25, -0.2) is 18.4 Å². The summed E-state index contributed by atoms with van der Waals surface area (Å²) in [6, 6.07) is 14.9. The van der Waals surface area contributed by atoms with Gasteiger partial charge in [-0.1, -0.05) is 30.3 Å². The van der Waals surface area contributed by atoms with E-state index in [1.165, 1.54) is 0 Å². The van der Waals surface area contributed by atoms with Crippen LogP contribution in [0.3, 0.4) is 0 Å². The lowest BCUT2D eigenvalue weighted by atomic mass is 10.2. The Morgan fingerprint density at radius 2 is 1.63 bits per heavy atom. The maximum Gasteiger partial charge on any atom is 0.201 e. The molecule has 3 rings (SSSR count). The van der Waals surface area contributed by atoms with Gasteiger partial charge in [-0.15, -0.1) is 0 Å². The van der Waals surface area contributed by atoms with Crippen molar-refractivity contribution in [1.29, 1.82) is 0 Å². The predicted molar refractivity (Wildman–Crippen MR) is 107 cm³/mol. The van der Waals surface area contributed by atoms with Crippen molar-refractivity contribution in [1.82, 2.24) is 9.97 Å². The number of anilines is 1. The molecule has 0 aliphatic rings. The molecule has 0 unspecified atom stereocenters. The van der Waals surface area contributed by atoms with Gasteiger partial charge in [0.1, 0.15) is 5.75 Å². The summed E-state index contributed by atoms with van der Waals surface area (Å²) >= 11 is 0. The van der Waals surface area contributed by atoms with E-state index < -0.39 is 15.1 Å². The van der Waals surface area contributed by atoms with Gasteiger partial charge < -0.3 is 10.1 Å². The normalized spacial score (nSPS) is 11.7. The summed E-state index contributed by atoms with van der Waals surface area (Å²) in [5.74, 6) is 1.02. The Bertz CT molecular complexity index is 1050. The second kappa shape index (κ2) is 7.92. The molecule has 1 heterocycles. The van der Waals surface area contributed by atoms with Crippen LogP contribution in [0.25, 0.3) is 11.0 Å². The molecule has 0 fully saturated rings. The van der Waals surface area contributed by atoms with E-state index >= 15 is 0 Å².